The molecule has 1 fully saturated rings. The number of nitrogens with one attached hydrogen (secondary N) is 2. The molecule has 0 saturated carbocycles. The summed E-state index contributed by atoms with van der Waals surface area (Å²) in [5.74, 6) is 11.6. The van der Waals surface area contributed by atoms with Gasteiger partial charge in [-0.25, -0.2) is 10.6 Å². The van der Waals surface area contributed by atoms with E-state index in [1.54, 1.807) is 0 Å². The molecular formula is C11H16N8OS. The number of nitriles is 1. The second-order valence-electron chi connectivity index (χ2n) is 4.39. The number of aromatic nitrogens is 2. The molecule has 0 radical (unpaired) electrons. The van der Waals surface area contributed by atoms with E-state index in [1.807, 2.05) is 4.90 Å². The van der Waals surface area contributed by atoms with Gasteiger partial charge in [-0.2, -0.15) is 15.3 Å². The van der Waals surface area contributed by atoms with Crippen molar-refractivity contribution in [2.45, 2.75) is 17.9 Å². The van der Waals surface area contributed by atoms with Crippen LogP contribution in [0.25, 0.3) is 0 Å². The molecule has 1 aliphatic heterocycles. The maximum Gasteiger partial charge on any atom is 0.347 e. The first-order valence-corrected chi connectivity index (χ1v) is 7.33. The number of hydrogen-bond donors (Lipinski definition) is 4. The van der Waals surface area contributed by atoms with Gasteiger partial charge in [-0.05, 0) is 12.8 Å². The Kier molecular flexibility index (Phi) is 5.02. The van der Waals surface area contributed by atoms with Gasteiger partial charge in [0.15, 0.2) is 0 Å². The Morgan fingerprint density at radius 2 is 2.29 bits per heavy atom. The number of amidine groups is 1. The summed E-state index contributed by atoms with van der Waals surface area (Å²) in [6, 6.07) is 2.11. The molecule has 0 amide bonds. The number of H-pyrrole nitrogens is 1. The number of aromatic amines is 1. The van der Waals surface area contributed by atoms with Crippen molar-refractivity contribution in [2.75, 3.05) is 23.7 Å². The van der Waals surface area contributed by atoms with Gasteiger partial charge in [0.25, 0.3) is 0 Å². The lowest BCUT2D eigenvalue weighted by molar-refractivity contribution is 0.877. The molecule has 0 unspecified atom stereocenters. The summed E-state index contributed by atoms with van der Waals surface area (Å²) in [7, 11) is 0. The monoisotopic (exact) mass is 308 g/mol. The Morgan fingerprint density at radius 1 is 1.57 bits per heavy atom. The van der Waals surface area contributed by atoms with Gasteiger partial charge >= 0.3 is 5.69 Å². The SMILES string of the molecule is N#Cc1c(SC/C(=N/N)NN)nc(=O)[nH]c1N1CCCC1. The van der Waals surface area contributed by atoms with Crippen LogP contribution < -0.4 is 27.7 Å². The van der Waals surface area contributed by atoms with Crippen molar-refractivity contribution in [3.8, 4) is 6.07 Å². The lowest BCUT2D eigenvalue weighted by Crippen LogP contribution is -2.33. The first-order valence-electron chi connectivity index (χ1n) is 6.35. The van der Waals surface area contributed by atoms with Gasteiger partial charge in [-0.3, -0.25) is 4.98 Å². The minimum Gasteiger partial charge on any atom is -0.357 e. The van der Waals surface area contributed by atoms with E-state index < -0.39 is 5.69 Å². The molecule has 0 atom stereocenters. The molecule has 2 heterocycles. The highest BCUT2D eigenvalue weighted by Crippen LogP contribution is 2.27. The van der Waals surface area contributed by atoms with E-state index in [9.17, 15) is 10.1 Å². The van der Waals surface area contributed by atoms with E-state index in [0.29, 0.717) is 22.2 Å². The van der Waals surface area contributed by atoms with E-state index in [2.05, 4.69) is 26.6 Å². The second-order valence-corrected chi connectivity index (χ2v) is 5.35. The maximum absolute atomic E-state index is 11.7. The van der Waals surface area contributed by atoms with E-state index in [4.69, 9.17) is 11.7 Å². The molecule has 2 rings (SSSR count). The number of hydrogen-bond acceptors (Lipinski definition) is 8. The van der Waals surface area contributed by atoms with Crippen molar-refractivity contribution >= 4 is 23.4 Å². The molecule has 1 aliphatic rings. The maximum atomic E-state index is 11.7. The highest BCUT2D eigenvalue weighted by atomic mass is 32.2. The van der Waals surface area contributed by atoms with Crippen LogP contribution in [0.15, 0.2) is 14.9 Å². The zero-order valence-electron chi connectivity index (χ0n) is 11.3. The molecule has 1 aromatic heterocycles. The van der Waals surface area contributed by atoms with Gasteiger partial charge in [0.2, 0.25) is 0 Å². The molecule has 0 bridgehead atoms. The fourth-order valence-corrected chi connectivity index (χ4v) is 2.94. The third-order valence-corrected chi connectivity index (χ3v) is 4.07. The van der Waals surface area contributed by atoms with E-state index in [1.165, 1.54) is 11.8 Å². The second kappa shape index (κ2) is 6.96. The fraction of sp³-hybridized carbons (Fsp3) is 0.455. The molecule has 10 heteroatoms. The normalized spacial score (nSPS) is 15.0. The van der Waals surface area contributed by atoms with Crippen molar-refractivity contribution < 1.29 is 0 Å². The molecule has 0 spiro atoms. The smallest absolute Gasteiger partial charge is 0.347 e. The van der Waals surface area contributed by atoms with Crippen LogP contribution in [0.1, 0.15) is 18.4 Å². The Bertz CT molecular complexity index is 628. The molecule has 112 valence electrons. The van der Waals surface area contributed by atoms with E-state index in [-0.39, 0.29) is 5.75 Å². The summed E-state index contributed by atoms with van der Waals surface area (Å²) in [4.78, 5) is 20.2. The Balaban J connectivity index is 2.32. The number of hydrazone groups is 1. The van der Waals surface area contributed by atoms with Gasteiger partial charge in [0.05, 0.1) is 5.75 Å². The quantitative estimate of drug-likeness (QED) is 0.139. The van der Waals surface area contributed by atoms with Crippen LogP contribution in [-0.2, 0) is 0 Å². The van der Waals surface area contributed by atoms with Crippen LogP contribution in [0.2, 0.25) is 0 Å². The molecule has 0 aliphatic carbocycles. The van der Waals surface area contributed by atoms with Crippen molar-refractivity contribution in [1.82, 2.24) is 15.4 Å². The fourth-order valence-electron chi connectivity index (χ4n) is 2.08. The van der Waals surface area contributed by atoms with Gasteiger partial charge in [0, 0.05) is 13.1 Å². The summed E-state index contributed by atoms with van der Waals surface area (Å²) >= 11 is 1.18. The highest BCUT2D eigenvalue weighted by molar-refractivity contribution is 8.00. The molecule has 1 aromatic rings. The van der Waals surface area contributed by atoms with Crippen molar-refractivity contribution in [3.05, 3.63) is 16.0 Å². The van der Waals surface area contributed by atoms with Gasteiger partial charge < -0.3 is 16.2 Å². The molecule has 1 saturated heterocycles. The third kappa shape index (κ3) is 3.45. The number of rotatable bonds is 4. The lowest BCUT2D eigenvalue weighted by atomic mass is 10.3. The van der Waals surface area contributed by atoms with Crippen LogP contribution in [0.3, 0.4) is 0 Å². The van der Waals surface area contributed by atoms with Crippen LogP contribution >= 0.6 is 11.8 Å². The van der Waals surface area contributed by atoms with Crippen molar-refractivity contribution in [2.24, 2.45) is 16.8 Å². The van der Waals surface area contributed by atoms with Gasteiger partial charge in [-0.15, -0.1) is 0 Å². The average Bonchev–Trinajstić information content (AvgIpc) is 3.02. The van der Waals surface area contributed by atoms with Gasteiger partial charge in [0.1, 0.15) is 28.3 Å². The summed E-state index contributed by atoms with van der Waals surface area (Å²) in [6.45, 7) is 1.64. The zero-order valence-corrected chi connectivity index (χ0v) is 12.1. The molecular weight excluding hydrogens is 292 g/mol. The Morgan fingerprint density at radius 3 is 2.86 bits per heavy atom. The summed E-state index contributed by atoms with van der Waals surface area (Å²) in [5, 5.41) is 13.2. The van der Waals surface area contributed by atoms with Crippen LogP contribution in [0, 0.1) is 11.3 Å². The van der Waals surface area contributed by atoms with Crippen molar-refractivity contribution in [3.63, 3.8) is 0 Å². The van der Waals surface area contributed by atoms with Crippen LogP contribution in [0.4, 0.5) is 5.82 Å². The zero-order chi connectivity index (χ0) is 15.2. The molecule has 21 heavy (non-hydrogen) atoms. The predicted octanol–water partition coefficient (Wildman–Crippen LogP) is -0.931. The predicted molar refractivity (Wildman–Crippen MR) is 80.7 cm³/mol. The summed E-state index contributed by atoms with van der Waals surface area (Å²) in [5.41, 5.74) is 2.22. The number of nitrogens with zero attached hydrogens (tertiary/aromatic N) is 4. The Hall–Kier alpha value is -2.25. The first-order chi connectivity index (χ1) is 10.2. The standard InChI is InChI=1S/C11H16N8OS/c12-5-7-9(19-3-1-2-4-19)15-11(20)16-10(7)21-6-8(17-13)18-14/h1-4,6,13-14H2,(H,17,18)(H,15,16,20). The lowest BCUT2D eigenvalue weighted by Gasteiger charge is -2.19. The number of nitrogens with two attached hydrogens (primary N) is 2. The minimum absolute atomic E-state index is 0.289. The first kappa shape index (κ1) is 15.1. The molecule has 9 nitrogen and oxygen atoms in total. The summed E-state index contributed by atoms with van der Waals surface area (Å²) < 4.78 is 0. The van der Waals surface area contributed by atoms with Crippen LogP contribution in [0.5, 0.6) is 0 Å². The van der Waals surface area contributed by atoms with E-state index >= 15 is 0 Å². The van der Waals surface area contributed by atoms with E-state index in [0.717, 1.165) is 25.9 Å². The topological polar surface area (TPSA) is 149 Å². The van der Waals surface area contributed by atoms with Crippen molar-refractivity contribution in [1.29, 1.82) is 5.26 Å². The summed E-state index contributed by atoms with van der Waals surface area (Å²) in [6.07, 6.45) is 2.08. The van der Waals surface area contributed by atoms with Gasteiger partial charge in [-0.1, -0.05) is 11.8 Å². The molecule has 6 N–H and O–H groups in total. The molecule has 0 aromatic carbocycles. The number of thioether (sulfide) groups is 1. The largest absolute Gasteiger partial charge is 0.357 e. The average molecular weight is 308 g/mol. The Labute approximate surface area is 125 Å². The highest BCUT2D eigenvalue weighted by Gasteiger charge is 2.21. The number of anilines is 1. The minimum atomic E-state index is -0.481. The third-order valence-electron chi connectivity index (χ3n) is 3.08. The number of hydrazine groups is 1. The van der Waals surface area contributed by atoms with Crippen LogP contribution in [-0.4, -0.2) is 34.6 Å².